The van der Waals surface area contributed by atoms with Crippen LogP contribution < -0.4 is 10.1 Å². The standard InChI is InChI=1S/C24H20FN3O3S/c1-16(32-24-28-27-23(31-24)18-7-9-19(25)10-8-18)22(29)26-20-11-13-21(14-12-20)30-15-17-5-3-2-4-6-17/h2-14,16H,15H2,1H3,(H,26,29)/t16-/m1/s1. The van der Waals surface area contributed by atoms with Crippen molar-refractivity contribution in [1.82, 2.24) is 10.2 Å². The Kier molecular flexibility index (Phi) is 6.81. The van der Waals surface area contributed by atoms with Gasteiger partial charge in [-0.2, -0.15) is 0 Å². The van der Waals surface area contributed by atoms with Gasteiger partial charge in [0, 0.05) is 11.3 Å². The van der Waals surface area contributed by atoms with Gasteiger partial charge in [-0.1, -0.05) is 42.1 Å². The average Bonchev–Trinajstić information content (AvgIpc) is 3.28. The molecule has 4 aromatic rings. The molecule has 0 aliphatic rings. The smallest absolute Gasteiger partial charge is 0.277 e. The van der Waals surface area contributed by atoms with E-state index in [4.69, 9.17) is 9.15 Å². The summed E-state index contributed by atoms with van der Waals surface area (Å²) in [7, 11) is 0. The number of benzene rings is 3. The number of amides is 1. The van der Waals surface area contributed by atoms with Crippen LogP contribution >= 0.6 is 11.8 Å². The summed E-state index contributed by atoms with van der Waals surface area (Å²) in [5, 5.41) is 10.6. The quantitative estimate of drug-likeness (QED) is 0.354. The van der Waals surface area contributed by atoms with Gasteiger partial charge in [-0.3, -0.25) is 4.79 Å². The van der Waals surface area contributed by atoms with Gasteiger partial charge in [0.2, 0.25) is 11.8 Å². The van der Waals surface area contributed by atoms with Crippen LogP contribution in [0.4, 0.5) is 10.1 Å². The Labute approximate surface area is 188 Å². The Balaban J connectivity index is 1.29. The highest BCUT2D eigenvalue weighted by atomic mass is 32.2. The number of carbonyl (C=O) groups is 1. The number of thioether (sulfide) groups is 1. The third-order valence-electron chi connectivity index (χ3n) is 4.51. The van der Waals surface area contributed by atoms with Crippen LogP contribution in [0.5, 0.6) is 5.75 Å². The molecule has 1 heterocycles. The normalized spacial score (nSPS) is 11.7. The number of rotatable bonds is 8. The van der Waals surface area contributed by atoms with Crippen LogP contribution in [-0.4, -0.2) is 21.4 Å². The highest BCUT2D eigenvalue weighted by Crippen LogP contribution is 2.27. The second-order valence-electron chi connectivity index (χ2n) is 6.93. The van der Waals surface area contributed by atoms with Gasteiger partial charge in [-0.05, 0) is 61.0 Å². The van der Waals surface area contributed by atoms with Crippen LogP contribution in [0.3, 0.4) is 0 Å². The van der Waals surface area contributed by atoms with Crippen molar-refractivity contribution in [2.24, 2.45) is 0 Å². The molecule has 0 aliphatic carbocycles. The first-order valence-electron chi connectivity index (χ1n) is 9.90. The average molecular weight is 450 g/mol. The second-order valence-corrected chi connectivity index (χ2v) is 8.22. The van der Waals surface area contributed by atoms with E-state index >= 15 is 0 Å². The first-order valence-corrected chi connectivity index (χ1v) is 10.8. The molecule has 0 aliphatic heterocycles. The van der Waals surface area contributed by atoms with Gasteiger partial charge < -0.3 is 14.5 Å². The molecule has 0 bridgehead atoms. The Bertz CT molecular complexity index is 1170. The van der Waals surface area contributed by atoms with Crippen molar-refractivity contribution >= 4 is 23.4 Å². The summed E-state index contributed by atoms with van der Waals surface area (Å²) >= 11 is 1.15. The third-order valence-corrected chi connectivity index (χ3v) is 5.45. The lowest BCUT2D eigenvalue weighted by Crippen LogP contribution is -2.22. The maximum atomic E-state index is 13.1. The van der Waals surface area contributed by atoms with Crippen LogP contribution in [0, 0.1) is 5.82 Å². The Morgan fingerprint density at radius 3 is 2.47 bits per heavy atom. The van der Waals surface area contributed by atoms with E-state index in [0.717, 1.165) is 17.3 Å². The lowest BCUT2D eigenvalue weighted by molar-refractivity contribution is -0.115. The molecular formula is C24H20FN3O3S. The summed E-state index contributed by atoms with van der Waals surface area (Å²) in [5.41, 5.74) is 2.35. The molecule has 162 valence electrons. The molecule has 4 rings (SSSR count). The number of carbonyl (C=O) groups excluding carboxylic acids is 1. The van der Waals surface area contributed by atoms with E-state index in [1.165, 1.54) is 12.1 Å². The number of aromatic nitrogens is 2. The molecule has 3 aromatic carbocycles. The van der Waals surface area contributed by atoms with Gasteiger partial charge in [0.25, 0.3) is 5.22 Å². The fourth-order valence-electron chi connectivity index (χ4n) is 2.79. The number of hydrogen-bond donors (Lipinski definition) is 1. The largest absolute Gasteiger partial charge is 0.489 e. The molecule has 1 amide bonds. The van der Waals surface area contributed by atoms with Crippen molar-refractivity contribution < 1.29 is 18.3 Å². The predicted molar refractivity (Wildman–Crippen MR) is 121 cm³/mol. The minimum atomic E-state index is -0.467. The zero-order valence-corrected chi connectivity index (χ0v) is 18.0. The highest BCUT2D eigenvalue weighted by Gasteiger charge is 2.19. The molecule has 0 saturated heterocycles. The van der Waals surface area contributed by atoms with Crippen LogP contribution in [0.15, 0.2) is 88.5 Å². The molecule has 6 nitrogen and oxygen atoms in total. The van der Waals surface area contributed by atoms with Crippen molar-refractivity contribution in [3.05, 3.63) is 90.2 Å². The summed E-state index contributed by atoms with van der Waals surface area (Å²) in [4.78, 5) is 12.5. The number of hydrogen-bond acceptors (Lipinski definition) is 6. The second kappa shape index (κ2) is 10.1. The number of anilines is 1. The molecule has 0 fully saturated rings. The van der Waals surface area contributed by atoms with Crippen LogP contribution in [0.1, 0.15) is 12.5 Å². The summed E-state index contributed by atoms with van der Waals surface area (Å²) in [6.07, 6.45) is 0. The third kappa shape index (κ3) is 5.73. The molecule has 0 unspecified atom stereocenters. The fourth-order valence-corrected chi connectivity index (χ4v) is 3.47. The van der Waals surface area contributed by atoms with Crippen molar-refractivity contribution in [2.45, 2.75) is 24.0 Å². The van der Waals surface area contributed by atoms with E-state index in [-0.39, 0.29) is 22.8 Å². The Morgan fingerprint density at radius 2 is 1.75 bits per heavy atom. The Morgan fingerprint density at radius 1 is 1.03 bits per heavy atom. The van der Waals surface area contributed by atoms with Crippen molar-refractivity contribution in [3.63, 3.8) is 0 Å². The van der Waals surface area contributed by atoms with Gasteiger partial charge in [-0.15, -0.1) is 10.2 Å². The minimum absolute atomic E-state index is 0.200. The van der Waals surface area contributed by atoms with E-state index in [9.17, 15) is 9.18 Å². The van der Waals surface area contributed by atoms with Gasteiger partial charge in [0.15, 0.2) is 0 Å². The molecule has 0 radical (unpaired) electrons. The van der Waals surface area contributed by atoms with E-state index < -0.39 is 5.25 Å². The number of ether oxygens (including phenoxy) is 1. The molecule has 0 spiro atoms. The van der Waals surface area contributed by atoms with Gasteiger partial charge in [0.05, 0.1) is 5.25 Å². The molecular weight excluding hydrogens is 429 g/mol. The SMILES string of the molecule is C[C@@H](Sc1nnc(-c2ccc(F)cc2)o1)C(=O)Nc1ccc(OCc2ccccc2)cc1. The molecule has 8 heteroatoms. The van der Waals surface area contributed by atoms with E-state index in [1.54, 1.807) is 31.2 Å². The Hall–Kier alpha value is -3.65. The molecule has 1 N–H and O–H groups in total. The number of halogens is 1. The summed E-state index contributed by atoms with van der Waals surface area (Å²) in [5.74, 6) is 0.443. The van der Waals surface area contributed by atoms with E-state index in [2.05, 4.69) is 15.5 Å². The van der Waals surface area contributed by atoms with Gasteiger partial charge in [-0.25, -0.2) is 4.39 Å². The zero-order valence-electron chi connectivity index (χ0n) is 17.2. The summed E-state index contributed by atoms with van der Waals surface area (Å²) in [6.45, 7) is 2.23. The zero-order chi connectivity index (χ0) is 22.3. The minimum Gasteiger partial charge on any atom is -0.489 e. The first kappa shape index (κ1) is 21.6. The van der Waals surface area contributed by atoms with Crippen molar-refractivity contribution in [3.8, 4) is 17.2 Å². The number of nitrogens with one attached hydrogen (secondary N) is 1. The lowest BCUT2D eigenvalue weighted by atomic mass is 10.2. The van der Waals surface area contributed by atoms with Crippen LogP contribution in [-0.2, 0) is 11.4 Å². The van der Waals surface area contributed by atoms with Crippen LogP contribution in [0.2, 0.25) is 0 Å². The van der Waals surface area contributed by atoms with Gasteiger partial charge in [0.1, 0.15) is 18.2 Å². The summed E-state index contributed by atoms with van der Waals surface area (Å²) in [6, 6.07) is 22.8. The molecule has 1 atom stereocenters. The fraction of sp³-hybridized carbons (Fsp3) is 0.125. The van der Waals surface area contributed by atoms with Gasteiger partial charge >= 0.3 is 0 Å². The summed E-state index contributed by atoms with van der Waals surface area (Å²) < 4.78 is 24.4. The van der Waals surface area contributed by atoms with Crippen molar-refractivity contribution in [2.75, 3.05) is 5.32 Å². The van der Waals surface area contributed by atoms with Crippen LogP contribution in [0.25, 0.3) is 11.5 Å². The monoisotopic (exact) mass is 449 g/mol. The van der Waals surface area contributed by atoms with E-state index in [1.807, 2.05) is 42.5 Å². The first-order chi connectivity index (χ1) is 15.6. The lowest BCUT2D eigenvalue weighted by Gasteiger charge is -2.11. The maximum Gasteiger partial charge on any atom is 0.277 e. The topological polar surface area (TPSA) is 77.2 Å². The molecule has 32 heavy (non-hydrogen) atoms. The maximum absolute atomic E-state index is 13.1. The predicted octanol–water partition coefficient (Wildman–Crippen LogP) is 5.57. The highest BCUT2D eigenvalue weighted by molar-refractivity contribution is 8.00. The van der Waals surface area contributed by atoms with E-state index in [0.29, 0.717) is 23.6 Å². The molecule has 1 aromatic heterocycles. The van der Waals surface area contributed by atoms with Crippen molar-refractivity contribution in [1.29, 1.82) is 0 Å². The number of nitrogens with zero attached hydrogens (tertiary/aromatic N) is 2. The molecule has 0 saturated carbocycles.